The molecular weight excluding hydrogens is 568 g/mol. The lowest BCUT2D eigenvalue weighted by Gasteiger charge is -2.24. The molecule has 1 fully saturated rings. The van der Waals surface area contributed by atoms with E-state index in [1.807, 2.05) is 25.1 Å². The van der Waals surface area contributed by atoms with Crippen molar-refractivity contribution in [2.45, 2.75) is 39.2 Å². The number of thiazole rings is 1. The molecule has 1 unspecified atom stereocenters. The third-order valence-corrected chi connectivity index (χ3v) is 8.53. The topological polar surface area (TPSA) is 107 Å². The summed E-state index contributed by atoms with van der Waals surface area (Å²) in [7, 11) is 1.54. The molecule has 4 aromatic rings. The lowest BCUT2D eigenvalue weighted by atomic mass is 9.95. The Labute approximate surface area is 253 Å². The van der Waals surface area contributed by atoms with Gasteiger partial charge in [-0.3, -0.25) is 14.5 Å². The van der Waals surface area contributed by atoms with Gasteiger partial charge in [0.05, 0.1) is 35.5 Å². The number of hydrogen-bond donors (Lipinski definition) is 1. The first-order chi connectivity index (χ1) is 20.9. The minimum Gasteiger partial charge on any atom is -0.507 e. The number of carbonyl (C=O) groups excluding carboxylic acids is 2. The van der Waals surface area contributed by atoms with Gasteiger partial charge in [-0.05, 0) is 66.9 Å². The number of aliphatic hydroxyl groups excluding tert-OH is 1. The number of hydrogen-bond acceptors (Lipinski definition) is 9. The zero-order valence-corrected chi connectivity index (χ0v) is 25.0. The Kier molecular flexibility index (Phi) is 7.94. The first kappa shape index (κ1) is 28.5. The molecule has 43 heavy (non-hydrogen) atoms. The average Bonchev–Trinajstić information content (AvgIpc) is 3.55. The minimum atomic E-state index is -0.974. The first-order valence-electron chi connectivity index (χ1n) is 14.3. The number of unbranched alkanes of at least 4 members (excludes halogenated alkanes) is 2. The molecule has 1 saturated heterocycles. The van der Waals surface area contributed by atoms with Gasteiger partial charge < -0.3 is 24.1 Å². The quantitative estimate of drug-likeness (QED) is 0.0994. The SMILES string of the molecule is CCCCCOc1ccc(C2/C(=C(\O)c3ccc4c(c3)OCCO4)C(=O)C(=O)N2c2nc3ccc(C)cc3s2)cc1OC. The molecule has 3 aromatic carbocycles. The number of anilines is 1. The lowest BCUT2D eigenvalue weighted by Crippen LogP contribution is -2.29. The Hall–Kier alpha value is -4.57. The number of aryl methyl sites for hydroxylation is 1. The Morgan fingerprint density at radius 1 is 1.02 bits per heavy atom. The zero-order valence-electron chi connectivity index (χ0n) is 24.2. The molecule has 0 saturated carbocycles. The third-order valence-electron chi connectivity index (χ3n) is 7.51. The van der Waals surface area contributed by atoms with Crippen LogP contribution in [0.5, 0.6) is 23.0 Å². The molecule has 222 valence electrons. The van der Waals surface area contributed by atoms with E-state index in [9.17, 15) is 14.7 Å². The van der Waals surface area contributed by atoms with Crippen molar-refractivity contribution in [3.05, 3.63) is 76.9 Å². The molecule has 0 aliphatic carbocycles. The summed E-state index contributed by atoms with van der Waals surface area (Å²) in [6.45, 7) is 5.44. The number of amides is 1. The van der Waals surface area contributed by atoms with Crippen LogP contribution in [0.25, 0.3) is 16.0 Å². The number of aromatic nitrogens is 1. The van der Waals surface area contributed by atoms with E-state index in [0.717, 1.165) is 29.5 Å². The summed E-state index contributed by atoms with van der Waals surface area (Å²) in [5, 5.41) is 12.0. The first-order valence-corrected chi connectivity index (χ1v) is 15.1. The van der Waals surface area contributed by atoms with Gasteiger partial charge in [0.15, 0.2) is 28.1 Å². The summed E-state index contributed by atoms with van der Waals surface area (Å²) in [5.74, 6) is 0.0993. The van der Waals surface area contributed by atoms with Gasteiger partial charge in [-0.2, -0.15) is 0 Å². The summed E-state index contributed by atoms with van der Waals surface area (Å²) in [6, 6.07) is 15.1. The van der Waals surface area contributed by atoms with E-state index in [-0.39, 0.29) is 11.3 Å². The normalized spacial score (nSPS) is 17.5. The van der Waals surface area contributed by atoms with Crippen LogP contribution in [-0.4, -0.2) is 48.7 Å². The zero-order chi connectivity index (χ0) is 30.1. The molecule has 0 bridgehead atoms. The molecule has 2 aliphatic heterocycles. The molecule has 0 radical (unpaired) electrons. The smallest absolute Gasteiger partial charge is 0.301 e. The van der Waals surface area contributed by atoms with Gasteiger partial charge in [-0.25, -0.2) is 4.98 Å². The number of ether oxygens (including phenoxy) is 4. The van der Waals surface area contributed by atoms with Crippen LogP contribution in [0.15, 0.2) is 60.2 Å². The monoisotopic (exact) mass is 600 g/mol. The maximum atomic E-state index is 13.7. The number of Topliss-reactive ketones (excluding diaryl/α,β-unsaturated/α-hetero) is 1. The van der Waals surface area contributed by atoms with Gasteiger partial charge in [0, 0.05) is 5.56 Å². The highest BCUT2D eigenvalue weighted by Gasteiger charge is 2.48. The second-order valence-corrected chi connectivity index (χ2v) is 11.5. The Bertz CT molecular complexity index is 1740. The number of methoxy groups -OCH3 is 1. The highest BCUT2D eigenvalue weighted by atomic mass is 32.1. The Morgan fingerprint density at radius 2 is 1.84 bits per heavy atom. The highest BCUT2D eigenvalue weighted by Crippen LogP contribution is 2.46. The van der Waals surface area contributed by atoms with Gasteiger partial charge in [0.25, 0.3) is 5.78 Å². The largest absolute Gasteiger partial charge is 0.507 e. The average molecular weight is 601 g/mol. The van der Waals surface area contributed by atoms with E-state index in [2.05, 4.69) is 6.92 Å². The van der Waals surface area contributed by atoms with Crippen LogP contribution in [0, 0.1) is 6.92 Å². The molecule has 0 spiro atoms. The van der Waals surface area contributed by atoms with Crippen molar-refractivity contribution in [1.29, 1.82) is 0 Å². The highest BCUT2D eigenvalue weighted by molar-refractivity contribution is 7.22. The molecule has 1 aromatic heterocycles. The van der Waals surface area contributed by atoms with Crippen LogP contribution >= 0.6 is 11.3 Å². The van der Waals surface area contributed by atoms with Crippen LogP contribution in [0.2, 0.25) is 0 Å². The van der Waals surface area contributed by atoms with Crippen molar-refractivity contribution >= 4 is 44.1 Å². The van der Waals surface area contributed by atoms with E-state index >= 15 is 0 Å². The van der Waals surface area contributed by atoms with Crippen molar-refractivity contribution in [1.82, 2.24) is 4.98 Å². The number of nitrogens with zero attached hydrogens (tertiary/aromatic N) is 2. The maximum absolute atomic E-state index is 13.7. The van der Waals surface area contributed by atoms with Crippen LogP contribution < -0.4 is 23.8 Å². The van der Waals surface area contributed by atoms with Crippen molar-refractivity contribution in [2.24, 2.45) is 0 Å². The molecule has 2 aliphatic rings. The molecule has 6 rings (SSSR count). The number of benzene rings is 3. The fourth-order valence-corrected chi connectivity index (χ4v) is 6.41. The molecule has 3 heterocycles. The predicted molar refractivity (Wildman–Crippen MR) is 165 cm³/mol. The summed E-state index contributed by atoms with van der Waals surface area (Å²) in [6.07, 6.45) is 3.04. The van der Waals surface area contributed by atoms with Crippen molar-refractivity contribution in [3.8, 4) is 23.0 Å². The standard InChI is InChI=1S/C33H32N2O7S/c1-4-5-6-13-40-23-11-8-20(17-25(23)39-3)29-28(30(36)21-9-12-24-26(18-21)42-15-14-41-24)31(37)32(38)35(29)33-34-22-10-7-19(2)16-27(22)43-33/h7-12,16-18,29,36H,4-6,13-15H2,1-3H3/b30-28+. The van der Waals surface area contributed by atoms with E-state index in [0.29, 0.717) is 64.6 Å². The van der Waals surface area contributed by atoms with Crippen molar-refractivity contribution < 1.29 is 33.6 Å². The Morgan fingerprint density at radius 3 is 2.63 bits per heavy atom. The summed E-state index contributed by atoms with van der Waals surface area (Å²) in [4.78, 5) is 33.5. The van der Waals surface area contributed by atoms with Crippen LogP contribution in [0.4, 0.5) is 5.13 Å². The summed E-state index contributed by atoms with van der Waals surface area (Å²) in [5.41, 5.74) is 2.60. The minimum absolute atomic E-state index is 0.0595. The molecule has 1 atom stereocenters. The van der Waals surface area contributed by atoms with Gasteiger partial charge in [-0.1, -0.05) is 43.2 Å². The fourth-order valence-electron chi connectivity index (χ4n) is 5.32. The fraction of sp³-hybridized carbons (Fsp3) is 0.303. The number of aliphatic hydroxyl groups is 1. The third kappa shape index (κ3) is 5.38. The Balaban J connectivity index is 1.48. The number of fused-ring (bicyclic) bond motifs is 2. The van der Waals surface area contributed by atoms with Gasteiger partial charge in [0.2, 0.25) is 0 Å². The van der Waals surface area contributed by atoms with E-state index < -0.39 is 17.7 Å². The van der Waals surface area contributed by atoms with E-state index in [4.69, 9.17) is 23.9 Å². The molecule has 9 nitrogen and oxygen atoms in total. The molecule has 1 N–H and O–H groups in total. The second-order valence-electron chi connectivity index (χ2n) is 10.5. The maximum Gasteiger partial charge on any atom is 0.301 e. The second kappa shape index (κ2) is 12.0. The lowest BCUT2D eigenvalue weighted by molar-refractivity contribution is -0.132. The van der Waals surface area contributed by atoms with Gasteiger partial charge in [0.1, 0.15) is 19.0 Å². The van der Waals surface area contributed by atoms with Crippen molar-refractivity contribution in [2.75, 3.05) is 31.8 Å². The van der Waals surface area contributed by atoms with E-state index in [1.165, 1.54) is 16.2 Å². The van der Waals surface area contributed by atoms with Gasteiger partial charge >= 0.3 is 5.91 Å². The molecule has 10 heteroatoms. The summed E-state index contributed by atoms with van der Waals surface area (Å²) >= 11 is 1.31. The van der Waals surface area contributed by atoms with Crippen LogP contribution in [-0.2, 0) is 9.59 Å². The molecule has 1 amide bonds. The predicted octanol–water partition coefficient (Wildman–Crippen LogP) is 6.58. The number of ketones is 1. The number of rotatable bonds is 9. The summed E-state index contributed by atoms with van der Waals surface area (Å²) < 4.78 is 23.8. The number of carbonyl (C=O) groups is 2. The van der Waals surface area contributed by atoms with Crippen molar-refractivity contribution in [3.63, 3.8) is 0 Å². The van der Waals surface area contributed by atoms with Crippen LogP contribution in [0.3, 0.4) is 0 Å². The van der Waals surface area contributed by atoms with E-state index in [1.54, 1.807) is 43.5 Å². The van der Waals surface area contributed by atoms with Crippen LogP contribution in [0.1, 0.15) is 48.9 Å². The molecular formula is C33H32N2O7S. The van der Waals surface area contributed by atoms with Gasteiger partial charge in [-0.15, -0.1) is 0 Å².